The van der Waals surface area contributed by atoms with Crippen LogP contribution >= 0.6 is 0 Å². The molecule has 118 valence electrons. The zero-order valence-corrected chi connectivity index (χ0v) is 13.9. The second-order valence-electron chi connectivity index (χ2n) is 7.27. The minimum absolute atomic E-state index is 0.761. The van der Waals surface area contributed by atoms with Crippen molar-refractivity contribution in [3.05, 3.63) is 0 Å². The minimum Gasteiger partial charge on any atom is -0.316 e. The van der Waals surface area contributed by atoms with Crippen LogP contribution in [0.1, 0.15) is 52.9 Å². The smallest absolute Gasteiger partial charge is 0.0223 e. The van der Waals surface area contributed by atoms with Crippen LogP contribution in [0.3, 0.4) is 0 Å². The maximum absolute atomic E-state index is 3.57. The molecule has 2 unspecified atom stereocenters. The van der Waals surface area contributed by atoms with Crippen LogP contribution in [-0.4, -0.2) is 61.2 Å². The van der Waals surface area contributed by atoms with Crippen molar-refractivity contribution < 1.29 is 0 Å². The molecule has 2 saturated heterocycles. The van der Waals surface area contributed by atoms with Crippen LogP contribution in [0.15, 0.2) is 0 Å². The lowest BCUT2D eigenvalue weighted by Crippen LogP contribution is -2.41. The van der Waals surface area contributed by atoms with Gasteiger partial charge in [0.2, 0.25) is 0 Å². The fourth-order valence-corrected chi connectivity index (χ4v) is 3.73. The SMILES string of the molecule is CC(C)CNCCCC(C)N1CCCN2CCCC2C1. The zero-order valence-electron chi connectivity index (χ0n) is 13.9. The molecule has 2 atom stereocenters. The van der Waals surface area contributed by atoms with Gasteiger partial charge in [0, 0.05) is 18.6 Å². The molecular formula is C17H35N3. The highest BCUT2D eigenvalue weighted by molar-refractivity contribution is 4.86. The quantitative estimate of drug-likeness (QED) is 0.724. The van der Waals surface area contributed by atoms with Crippen molar-refractivity contribution >= 4 is 0 Å². The summed E-state index contributed by atoms with van der Waals surface area (Å²) in [6.07, 6.45) is 6.88. The number of fused-ring (bicyclic) bond motifs is 1. The lowest BCUT2D eigenvalue weighted by atomic mass is 10.1. The average molecular weight is 281 g/mol. The van der Waals surface area contributed by atoms with Gasteiger partial charge in [-0.2, -0.15) is 0 Å². The number of hydrogen-bond acceptors (Lipinski definition) is 3. The first-order chi connectivity index (χ1) is 9.66. The van der Waals surface area contributed by atoms with Gasteiger partial charge in [-0.05, 0) is 77.7 Å². The van der Waals surface area contributed by atoms with Crippen molar-refractivity contribution in [2.45, 2.75) is 65.0 Å². The van der Waals surface area contributed by atoms with Gasteiger partial charge < -0.3 is 5.32 Å². The minimum atomic E-state index is 0.761. The summed E-state index contributed by atoms with van der Waals surface area (Å²) in [6.45, 7) is 14.7. The Kier molecular flexibility index (Phi) is 6.79. The van der Waals surface area contributed by atoms with Gasteiger partial charge in [0.25, 0.3) is 0 Å². The van der Waals surface area contributed by atoms with Crippen molar-refractivity contribution in [2.24, 2.45) is 5.92 Å². The normalized spacial score (nSPS) is 26.7. The molecule has 2 aliphatic heterocycles. The summed E-state index contributed by atoms with van der Waals surface area (Å²) in [5.41, 5.74) is 0. The summed E-state index contributed by atoms with van der Waals surface area (Å²) in [6, 6.07) is 1.62. The molecule has 0 radical (unpaired) electrons. The maximum Gasteiger partial charge on any atom is 0.0223 e. The molecule has 0 spiro atoms. The van der Waals surface area contributed by atoms with Crippen molar-refractivity contribution in [3.8, 4) is 0 Å². The van der Waals surface area contributed by atoms with E-state index in [4.69, 9.17) is 0 Å². The Morgan fingerprint density at radius 3 is 2.70 bits per heavy atom. The standard InChI is InChI=1S/C17H35N3/c1-15(2)13-18-9-4-7-16(3)20-12-6-11-19-10-5-8-17(19)14-20/h15-18H,4-14H2,1-3H3. The lowest BCUT2D eigenvalue weighted by Gasteiger charge is -2.30. The molecule has 0 aromatic carbocycles. The van der Waals surface area contributed by atoms with Gasteiger partial charge in [0.15, 0.2) is 0 Å². The van der Waals surface area contributed by atoms with Crippen molar-refractivity contribution in [1.29, 1.82) is 0 Å². The van der Waals surface area contributed by atoms with Crippen LogP contribution in [-0.2, 0) is 0 Å². The summed E-state index contributed by atoms with van der Waals surface area (Å²) >= 11 is 0. The summed E-state index contributed by atoms with van der Waals surface area (Å²) in [5.74, 6) is 0.770. The first kappa shape index (κ1) is 16.3. The Labute approximate surface area is 126 Å². The Morgan fingerprint density at radius 2 is 1.90 bits per heavy atom. The Hall–Kier alpha value is -0.120. The molecule has 1 N–H and O–H groups in total. The van der Waals surface area contributed by atoms with E-state index in [1.165, 1.54) is 64.8 Å². The molecule has 2 rings (SSSR count). The van der Waals surface area contributed by atoms with Gasteiger partial charge in [-0.25, -0.2) is 0 Å². The fourth-order valence-electron chi connectivity index (χ4n) is 3.73. The molecule has 0 aliphatic carbocycles. The largest absolute Gasteiger partial charge is 0.316 e. The first-order valence-corrected chi connectivity index (χ1v) is 8.85. The third kappa shape index (κ3) is 5.01. The Balaban J connectivity index is 1.65. The van der Waals surface area contributed by atoms with Crippen LogP contribution in [0.25, 0.3) is 0 Å². The van der Waals surface area contributed by atoms with Gasteiger partial charge in [-0.3, -0.25) is 9.80 Å². The lowest BCUT2D eigenvalue weighted by molar-refractivity contribution is 0.173. The monoisotopic (exact) mass is 281 g/mol. The highest BCUT2D eigenvalue weighted by Gasteiger charge is 2.29. The Bertz CT molecular complexity index is 267. The molecule has 0 aromatic rings. The third-order valence-electron chi connectivity index (χ3n) is 4.99. The fraction of sp³-hybridized carbons (Fsp3) is 1.00. The summed E-state index contributed by atoms with van der Waals surface area (Å²) in [4.78, 5) is 5.50. The molecule has 0 amide bonds. The number of nitrogens with one attached hydrogen (secondary N) is 1. The van der Waals surface area contributed by atoms with Gasteiger partial charge >= 0.3 is 0 Å². The second-order valence-corrected chi connectivity index (χ2v) is 7.27. The number of hydrogen-bond donors (Lipinski definition) is 1. The predicted octanol–water partition coefficient (Wildman–Crippen LogP) is 2.57. The highest BCUT2D eigenvalue weighted by Crippen LogP contribution is 2.23. The van der Waals surface area contributed by atoms with Gasteiger partial charge in [-0.15, -0.1) is 0 Å². The van der Waals surface area contributed by atoms with Crippen LogP contribution in [0.4, 0.5) is 0 Å². The van der Waals surface area contributed by atoms with Crippen LogP contribution < -0.4 is 5.32 Å². The van der Waals surface area contributed by atoms with E-state index in [9.17, 15) is 0 Å². The number of rotatable bonds is 7. The third-order valence-corrected chi connectivity index (χ3v) is 4.99. The summed E-state index contributed by atoms with van der Waals surface area (Å²) < 4.78 is 0. The first-order valence-electron chi connectivity index (χ1n) is 8.85. The van der Waals surface area contributed by atoms with E-state index in [2.05, 4.69) is 35.9 Å². The summed E-state index contributed by atoms with van der Waals surface area (Å²) in [5, 5.41) is 3.57. The molecule has 0 aromatic heterocycles. The van der Waals surface area contributed by atoms with Crippen molar-refractivity contribution in [1.82, 2.24) is 15.1 Å². The van der Waals surface area contributed by atoms with Crippen LogP contribution in [0, 0.1) is 5.92 Å². The molecule has 20 heavy (non-hydrogen) atoms. The maximum atomic E-state index is 3.57. The molecule has 0 bridgehead atoms. The van der Waals surface area contributed by atoms with E-state index in [1.54, 1.807) is 0 Å². The van der Waals surface area contributed by atoms with Gasteiger partial charge in [0.05, 0.1) is 0 Å². The molecule has 2 aliphatic rings. The number of nitrogens with zero attached hydrogens (tertiary/aromatic N) is 2. The van der Waals surface area contributed by atoms with E-state index in [0.717, 1.165) is 24.5 Å². The van der Waals surface area contributed by atoms with E-state index in [-0.39, 0.29) is 0 Å². The highest BCUT2D eigenvalue weighted by atomic mass is 15.3. The molecular weight excluding hydrogens is 246 g/mol. The van der Waals surface area contributed by atoms with Gasteiger partial charge in [-0.1, -0.05) is 13.8 Å². The summed E-state index contributed by atoms with van der Waals surface area (Å²) in [7, 11) is 0. The van der Waals surface area contributed by atoms with Crippen LogP contribution in [0.2, 0.25) is 0 Å². The molecule has 2 heterocycles. The molecule has 0 saturated carbocycles. The topological polar surface area (TPSA) is 18.5 Å². The zero-order chi connectivity index (χ0) is 14.4. The molecule has 2 fully saturated rings. The van der Waals surface area contributed by atoms with E-state index >= 15 is 0 Å². The molecule has 3 heteroatoms. The van der Waals surface area contributed by atoms with E-state index < -0.39 is 0 Å². The van der Waals surface area contributed by atoms with Gasteiger partial charge in [0.1, 0.15) is 0 Å². The van der Waals surface area contributed by atoms with Crippen LogP contribution in [0.5, 0.6) is 0 Å². The van der Waals surface area contributed by atoms with Crippen molar-refractivity contribution in [3.63, 3.8) is 0 Å². The van der Waals surface area contributed by atoms with E-state index in [0.29, 0.717) is 0 Å². The average Bonchev–Trinajstić information content (AvgIpc) is 2.75. The second kappa shape index (κ2) is 8.35. The molecule has 3 nitrogen and oxygen atoms in total. The predicted molar refractivity (Wildman–Crippen MR) is 87.2 cm³/mol. The van der Waals surface area contributed by atoms with E-state index in [1.807, 2.05) is 0 Å². The van der Waals surface area contributed by atoms with Crippen molar-refractivity contribution in [2.75, 3.05) is 39.3 Å². The Morgan fingerprint density at radius 1 is 1.10 bits per heavy atom.